The van der Waals surface area contributed by atoms with Crippen LogP contribution in [0.4, 0.5) is 0 Å². The van der Waals surface area contributed by atoms with E-state index >= 15 is 0 Å². The van der Waals surface area contributed by atoms with Gasteiger partial charge in [-0.15, -0.1) is 11.8 Å². The number of thioether (sulfide) groups is 1. The zero-order valence-electron chi connectivity index (χ0n) is 13.8. The van der Waals surface area contributed by atoms with Gasteiger partial charge < -0.3 is 14.2 Å². The van der Waals surface area contributed by atoms with Gasteiger partial charge in [0.15, 0.2) is 0 Å². The molecule has 24 heavy (non-hydrogen) atoms. The summed E-state index contributed by atoms with van der Waals surface area (Å²) in [6, 6.07) is 18.2. The Bertz CT molecular complexity index is 563. The third-order valence-electron chi connectivity index (χ3n) is 3.36. The van der Waals surface area contributed by atoms with Crippen molar-refractivity contribution in [3.05, 3.63) is 65.2 Å². The van der Waals surface area contributed by atoms with E-state index in [0.717, 1.165) is 10.8 Å². The van der Waals surface area contributed by atoms with Crippen LogP contribution in [0.25, 0.3) is 0 Å². The minimum Gasteiger partial charge on any atom is -0.382 e. The predicted molar refractivity (Wildman–Crippen MR) is 100 cm³/mol. The van der Waals surface area contributed by atoms with E-state index in [4.69, 9.17) is 25.8 Å². The van der Waals surface area contributed by atoms with E-state index in [9.17, 15) is 0 Å². The van der Waals surface area contributed by atoms with Gasteiger partial charge in [0.05, 0.1) is 32.5 Å². The summed E-state index contributed by atoms with van der Waals surface area (Å²) in [6.07, 6.45) is 0.0258. The molecule has 0 saturated carbocycles. The van der Waals surface area contributed by atoms with Crippen LogP contribution >= 0.6 is 23.4 Å². The van der Waals surface area contributed by atoms with Gasteiger partial charge in [0.2, 0.25) is 0 Å². The van der Waals surface area contributed by atoms with E-state index in [-0.39, 0.29) is 6.10 Å². The van der Waals surface area contributed by atoms with Crippen molar-refractivity contribution in [3.63, 3.8) is 0 Å². The van der Waals surface area contributed by atoms with Gasteiger partial charge >= 0.3 is 0 Å². The predicted octanol–water partition coefficient (Wildman–Crippen LogP) is 4.85. The molecule has 0 bridgehead atoms. The standard InChI is InChI=1S/C19H23ClO3S/c1-21-11-12-22-13-14-23-19(16-5-3-2-4-6-16)15-24-18-9-7-17(20)8-10-18/h2-10,19H,11-15H2,1H3. The van der Waals surface area contributed by atoms with E-state index < -0.39 is 0 Å². The third kappa shape index (κ3) is 7.24. The first kappa shape index (κ1) is 19.3. The van der Waals surface area contributed by atoms with E-state index in [1.165, 1.54) is 10.5 Å². The summed E-state index contributed by atoms with van der Waals surface area (Å²) in [6.45, 7) is 2.33. The Kier molecular flexibility index (Phi) is 9.24. The molecule has 0 spiro atoms. The molecule has 2 rings (SSSR count). The summed E-state index contributed by atoms with van der Waals surface area (Å²) in [5.41, 5.74) is 1.18. The molecule has 0 N–H and O–H groups in total. The quantitative estimate of drug-likeness (QED) is 0.419. The molecule has 0 saturated heterocycles. The topological polar surface area (TPSA) is 27.7 Å². The molecule has 0 aliphatic heterocycles. The van der Waals surface area contributed by atoms with Crippen LogP contribution in [0.15, 0.2) is 59.5 Å². The molecule has 3 nitrogen and oxygen atoms in total. The fourth-order valence-corrected chi connectivity index (χ4v) is 3.19. The number of hydrogen-bond donors (Lipinski definition) is 0. The molecule has 2 aromatic carbocycles. The number of ether oxygens (including phenoxy) is 3. The monoisotopic (exact) mass is 366 g/mol. The highest BCUT2D eigenvalue weighted by Gasteiger charge is 2.12. The average molecular weight is 367 g/mol. The maximum Gasteiger partial charge on any atom is 0.0919 e. The van der Waals surface area contributed by atoms with Crippen LogP contribution in [0.2, 0.25) is 5.02 Å². The fourth-order valence-electron chi connectivity index (χ4n) is 2.10. The average Bonchev–Trinajstić information content (AvgIpc) is 2.62. The first-order valence-electron chi connectivity index (χ1n) is 7.91. The number of hydrogen-bond acceptors (Lipinski definition) is 4. The second-order valence-electron chi connectivity index (χ2n) is 5.14. The van der Waals surface area contributed by atoms with Gasteiger partial charge in [-0.05, 0) is 29.8 Å². The van der Waals surface area contributed by atoms with Gasteiger partial charge in [0.1, 0.15) is 0 Å². The molecule has 1 atom stereocenters. The first-order chi connectivity index (χ1) is 11.8. The summed E-state index contributed by atoms with van der Waals surface area (Å²) in [4.78, 5) is 1.18. The summed E-state index contributed by atoms with van der Waals surface area (Å²) >= 11 is 7.69. The maximum atomic E-state index is 6.04. The largest absolute Gasteiger partial charge is 0.382 e. The van der Waals surface area contributed by atoms with Gasteiger partial charge in [0, 0.05) is 22.8 Å². The Morgan fingerprint density at radius 2 is 1.62 bits per heavy atom. The van der Waals surface area contributed by atoms with Gasteiger partial charge in [-0.1, -0.05) is 41.9 Å². The minimum absolute atomic E-state index is 0.0258. The molecule has 0 aromatic heterocycles. The molecule has 2 aromatic rings. The molecule has 0 amide bonds. The molecular weight excluding hydrogens is 344 g/mol. The van der Waals surface area contributed by atoms with Crippen LogP contribution in [0.5, 0.6) is 0 Å². The number of rotatable bonds is 11. The second-order valence-corrected chi connectivity index (χ2v) is 6.67. The highest BCUT2D eigenvalue weighted by molar-refractivity contribution is 7.99. The molecule has 0 radical (unpaired) electrons. The van der Waals surface area contributed by atoms with E-state index in [1.54, 1.807) is 18.9 Å². The third-order valence-corrected chi connectivity index (χ3v) is 4.69. The molecule has 0 aliphatic carbocycles. The molecule has 1 unspecified atom stereocenters. The lowest BCUT2D eigenvalue weighted by Gasteiger charge is -2.18. The fraction of sp³-hybridized carbons (Fsp3) is 0.368. The molecular formula is C19H23ClO3S. The summed E-state index contributed by atoms with van der Waals surface area (Å²) in [7, 11) is 1.67. The van der Waals surface area contributed by atoms with Gasteiger partial charge in [-0.2, -0.15) is 0 Å². The second kappa shape index (κ2) is 11.5. The highest BCUT2D eigenvalue weighted by atomic mass is 35.5. The van der Waals surface area contributed by atoms with Gasteiger partial charge in [0.25, 0.3) is 0 Å². The highest BCUT2D eigenvalue weighted by Crippen LogP contribution is 2.28. The number of methoxy groups -OCH3 is 1. The summed E-state index contributed by atoms with van der Waals surface area (Å²) in [5, 5.41) is 0.753. The van der Waals surface area contributed by atoms with Crippen LogP contribution in [0.3, 0.4) is 0 Å². The van der Waals surface area contributed by atoms with Crippen molar-refractivity contribution < 1.29 is 14.2 Å². The number of halogens is 1. The van der Waals surface area contributed by atoms with Crippen LogP contribution in [0.1, 0.15) is 11.7 Å². The lowest BCUT2D eigenvalue weighted by atomic mass is 10.1. The summed E-state index contributed by atoms with van der Waals surface area (Å²) < 4.78 is 16.5. The van der Waals surface area contributed by atoms with Crippen molar-refractivity contribution in [2.45, 2.75) is 11.0 Å². The molecule has 0 aliphatic rings. The van der Waals surface area contributed by atoms with Crippen molar-refractivity contribution >= 4 is 23.4 Å². The Morgan fingerprint density at radius 1 is 0.917 bits per heavy atom. The maximum absolute atomic E-state index is 6.04. The van der Waals surface area contributed by atoms with Crippen LogP contribution in [-0.4, -0.2) is 39.3 Å². The summed E-state index contributed by atoms with van der Waals surface area (Å²) in [5.74, 6) is 0.837. The normalized spacial score (nSPS) is 12.2. The molecule has 5 heteroatoms. The Labute approximate surface area is 153 Å². The Hall–Kier alpha value is -1.04. The number of benzene rings is 2. The van der Waals surface area contributed by atoms with Crippen LogP contribution in [0, 0.1) is 0 Å². The molecule has 0 fully saturated rings. The Morgan fingerprint density at radius 3 is 2.33 bits per heavy atom. The first-order valence-corrected chi connectivity index (χ1v) is 9.27. The lowest BCUT2D eigenvalue weighted by Crippen LogP contribution is -2.13. The molecule has 130 valence electrons. The van der Waals surface area contributed by atoms with Crippen LogP contribution in [-0.2, 0) is 14.2 Å². The van der Waals surface area contributed by atoms with Crippen molar-refractivity contribution in [2.75, 3.05) is 39.3 Å². The van der Waals surface area contributed by atoms with Crippen molar-refractivity contribution in [1.82, 2.24) is 0 Å². The zero-order chi connectivity index (χ0) is 17.0. The lowest BCUT2D eigenvalue weighted by molar-refractivity contribution is 0.000373. The Balaban J connectivity index is 1.85. The van der Waals surface area contributed by atoms with Gasteiger partial charge in [-0.3, -0.25) is 0 Å². The van der Waals surface area contributed by atoms with E-state index in [2.05, 4.69) is 12.1 Å². The van der Waals surface area contributed by atoms with Crippen molar-refractivity contribution in [3.8, 4) is 0 Å². The van der Waals surface area contributed by atoms with Gasteiger partial charge in [-0.25, -0.2) is 0 Å². The van der Waals surface area contributed by atoms with E-state index in [0.29, 0.717) is 26.4 Å². The van der Waals surface area contributed by atoms with E-state index in [1.807, 2.05) is 42.5 Å². The minimum atomic E-state index is 0.0258. The smallest absolute Gasteiger partial charge is 0.0919 e. The zero-order valence-corrected chi connectivity index (χ0v) is 15.4. The van der Waals surface area contributed by atoms with Crippen molar-refractivity contribution in [2.24, 2.45) is 0 Å². The SMILES string of the molecule is COCCOCCOC(CSc1ccc(Cl)cc1)c1ccccc1. The van der Waals surface area contributed by atoms with Crippen LogP contribution < -0.4 is 0 Å². The molecule has 0 heterocycles. The van der Waals surface area contributed by atoms with Crippen molar-refractivity contribution in [1.29, 1.82) is 0 Å².